The van der Waals surface area contributed by atoms with E-state index in [4.69, 9.17) is 18.9 Å². The van der Waals surface area contributed by atoms with E-state index in [2.05, 4.69) is 34.6 Å². The average molecular weight is 663 g/mol. The van der Waals surface area contributed by atoms with Crippen LogP contribution in [0, 0.1) is 50.7 Å². The fraction of sp³-hybridized carbons (Fsp3) is 0.919. The summed E-state index contributed by atoms with van der Waals surface area (Å²) in [6, 6.07) is 0. The van der Waals surface area contributed by atoms with Crippen molar-refractivity contribution in [3.63, 3.8) is 0 Å². The molecule has 0 spiro atoms. The molecule has 6 aliphatic rings. The summed E-state index contributed by atoms with van der Waals surface area (Å²) in [6.45, 7) is 14.1. The number of ether oxygens (including phenoxy) is 4. The van der Waals surface area contributed by atoms with Gasteiger partial charge in [0.2, 0.25) is 0 Å². The zero-order valence-electron chi connectivity index (χ0n) is 29.4. The predicted molar refractivity (Wildman–Crippen MR) is 170 cm³/mol. The second-order valence-electron chi connectivity index (χ2n) is 17.3. The summed E-state index contributed by atoms with van der Waals surface area (Å²) in [6.07, 6.45) is 3.22. The van der Waals surface area contributed by atoms with E-state index in [9.17, 15) is 29.7 Å². The zero-order valence-corrected chi connectivity index (χ0v) is 29.4. The SMILES string of the molecule is CC(=O)OC[C@H]1O[C@@H](O[C@@H]2C[C@H]3C(C)(C)[C@H](OC(C)=O)CC[C@]3(C)[C@H]3CC[C@]45C[C@]4(CC[C@H]5C(C)CCC=O)[C@@]32C)[C@H](O)[C@@H](O)[C@@H]1O. The molecule has 47 heavy (non-hydrogen) atoms. The summed E-state index contributed by atoms with van der Waals surface area (Å²) in [4.78, 5) is 35.1. The number of hydrogen-bond acceptors (Lipinski definition) is 10. The highest BCUT2D eigenvalue weighted by molar-refractivity contribution is 5.66. The molecule has 1 saturated heterocycles. The van der Waals surface area contributed by atoms with Crippen molar-refractivity contribution < 1.29 is 48.7 Å². The van der Waals surface area contributed by atoms with Gasteiger partial charge in [-0.15, -0.1) is 0 Å². The van der Waals surface area contributed by atoms with Gasteiger partial charge in [-0.25, -0.2) is 0 Å². The van der Waals surface area contributed by atoms with Gasteiger partial charge in [0, 0.05) is 31.1 Å². The lowest BCUT2D eigenvalue weighted by atomic mass is 9.37. The minimum Gasteiger partial charge on any atom is -0.463 e. The molecule has 10 nitrogen and oxygen atoms in total. The number of carbonyl (C=O) groups is 3. The Morgan fingerprint density at radius 2 is 1.64 bits per heavy atom. The topological polar surface area (TPSA) is 149 Å². The first-order valence-electron chi connectivity index (χ1n) is 18.1. The smallest absolute Gasteiger partial charge is 0.302 e. The van der Waals surface area contributed by atoms with Crippen LogP contribution in [0.4, 0.5) is 0 Å². The Hall–Kier alpha value is -1.59. The number of fused-ring (bicyclic) bond motifs is 3. The van der Waals surface area contributed by atoms with Crippen LogP contribution in [0.2, 0.25) is 0 Å². The van der Waals surface area contributed by atoms with Crippen LogP contribution in [0.15, 0.2) is 0 Å². The van der Waals surface area contributed by atoms with Crippen molar-refractivity contribution in [2.75, 3.05) is 6.61 Å². The molecular formula is C37H58O10. The zero-order chi connectivity index (χ0) is 34.3. The third-order valence-electron chi connectivity index (χ3n) is 15.2. The molecule has 6 fully saturated rings. The third kappa shape index (κ3) is 5.08. The Morgan fingerprint density at radius 3 is 2.30 bits per heavy atom. The van der Waals surface area contributed by atoms with Gasteiger partial charge in [-0.05, 0) is 97.7 Å². The standard InChI is InChI=1S/C37H58O10/c1-20(9-8-16-38)23-10-15-37-19-36(23,37)14-11-25-34(6)13-12-27(45-22(3)40)33(4,5)26(34)17-28(35(25,37)7)47-32-31(43)30(42)29(41)24(46-32)18-44-21(2)39/h16,20,23-32,41-43H,8-15,17-19H2,1-7H3/t20?,23-,24+,25+,26-,27+,28+,29+,30-,31+,32-,34+,35-,36+,37+/m0/s1. The largest absolute Gasteiger partial charge is 0.463 e. The molecule has 1 heterocycles. The highest BCUT2D eigenvalue weighted by Gasteiger charge is 2.85. The van der Waals surface area contributed by atoms with E-state index in [1.165, 1.54) is 13.8 Å². The molecule has 1 unspecified atom stereocenters. The lowest BCUT2D eigenvalue weighted by Crippen LogP contribution is -2.68. The normalized spacial score (nSPS) is 50.2. The molecule has 5 aliphatic carbocycles. The van der Waals surface area contributed by atoms with E-state index in [1.54, 1.807) is 0 Å². The number of aliphatic hydroxyl groups excluding tert-OH is 3. The molecule has 0 aromatic carbocycles. The summed E-state index contributed by atoms with van der Waals surface area (Å²) >= 11 is 0. The van der Waals surface area contributed by atoms with Gasteiger partial charge in [-0.2, -0.15) is 0 Å². The molecule has 5 saturated carbocycles. The van der Waals surface area contributed by atoms with E-state index >= 15 is 0 Å². The van der Waals surface area contributed by atoms with Gasteiger partial charge >= 0.3 is 11.9 Å². The molecule has 266 valence electrons. The van der Waals surface area contributed by atoms with E-state index < -0.39 is 36.7 Å². The van der Waals surface area contributed by atoms with Crippen molar-refractivity contribution in [2.45, 2.75) is 156 Å². The third-order valence-corrected chi connectivity index (χ3v) is 15.2. The quantitative estimate of drug-likeness (QED) is 0.185. The summed E-state index contributed by atoms with van der Waals surface area (Å²) < 4.78 is 24.2. The van der Waals surface area contributed by atoms with Gasteiger partial charge in [0.15, 0.2) is 6.29 Å². The lowest BCUT2D eigenvalue weighted by molar-refractivity contribution is -0.344. The molecule has 0 aromatic heterocycles. The van der Waals surface area contributed by atoms with Crippen molar-refractivity contribution in [1.82, 2.24) is 0 Å². The Labute approximate surface area is 279 Å². The van der Waals surface area contributed by atoms with Gasteiger partial charge in [-0.3, -0.25) is 9.59 Å². The van der Waals surface area contributed by atoms with Crippen molar-refractivity contribution in [2.24, 2.45) is 50.7 Å². The Kier molecular flexibility index (Phi) is 9.02. The van der Waals surface area contributed by atoms with Crippen LogP contribution in [0.1, 0.15) is 113 Å². The highest BCUT2D eigenvalue weighted by atomic mass is 16.7. The van der Waals surface area contributed by atoms with Crippen LogP contribution in [-0.4, -0.2) is 83.1 Å². The minimum atomic E-state index is -1.54. The van der Waals surface area contributed by atoms with Crippen LogP contribution in [0.5, 0.6) is 0 Å². The van der Waals surface area contributed by atoms with Crippen molar-refractivity contribution in [1.29, 1.82) is 0 Å². The molecule has 0 amide bonds. The number of aldehydes is 1. The summed E-state index contributed by atoms with van der Waals surface area (Å²) in [5, 5.41) is 32.9. The number of carbonyl (C=O) groups excluding carboxylic acids is 3. The second-order valence-corrected chi connectivity index (χ2v) is 17.3. The lowest BCUT2D eigenvalue weighted by Gasteiger charge is -2.69. The van der Waals surface area contributed by atoms with E-state index in [0.717, 1.165) is 57.7 Å². The molecule has 0 aromatic rings. The number of esters is 2. The van der Waals surface area contributed by atoms with Crippen LogP contribution in [0.25, 0.3) is 0 Å². The number of hydrogen-bond donors (Lipinski definition) is 3. The van der Waals surface area contributed by atoms with Gasteiger partial charge in [0.25, 0.3) is 0 Å². The minimum absolute atomic E-state index is 0.0287. The summed E-state index contributed by atoms with van der Waals surface area (Å²) in [5.41, 5.74) is -0.393. The maximum absolute atomic E-state index is 12.2. The molecule has 10 heteroatoms. The van der Waals surface area contributed by atoms with Gasteiger partial charge in [0.05, 0.1) is 6.10 Å². The Balaban J connectivity index is 1.38. The second kappa shape index (κ2) is 12.0. The van der Waals surface area contributed by atoms with Gasteiger partial charge < -0.3 is 39.1 Å². The van der Waals surface area contributed by atoms with Gasteiger partial charge in [-0.1, -0.05) is 34.6 Å². The monoisotopic (exact) mass is 662 g/mol. The first-order valence-corrected chi connectivity index (χ1v) is 18.1. The van der Waals surface area contributed by atoms with Crippen molar-refractivity contribution in [3.05, 3.63) is 0 Å². The fourth-order valence-corrected chi connectivity index (χ4v) is 13.1. The Bertz CT molecular complexity index is 1240. The molecule has 15 atom stereocenters. The van der Waals surface area contributed by atoms with E-state index in [1.807, 2.05) is 0 Å². The Morgan fingerprint density at radius 1 is 0.915 bits per heavy atom. The molecule has 0 radical (unpaired) electrons. The van der Waals surface area contributed by atoms with Crippen molar-refractivity contribution >= 4 is 18.2 Å². The maximum atomic E-state index is 12.2. The summed E-state index contributed by atoms with van der Waals surface area (Å²) in [5.74, 6) is 0.651. The molecular weight excluding hydrogens is 604 g/mol. The van der Waals surface area contributed by atoms with E-state index in [0.29, 0.717) is 30.6 Å². The fourth-order valence-electron chi connectivity index (χ4n) is 13.1. The number of aliphatic hydroxyl groups is 3. The van der Waals surface area contributed by atoms with E-state index in [-0.39, 0.29) is 57.8 Å². The predicted octanol–water partition coefficient (Wildman–Crippen LogP) is 4.34. The van der Waals surface area contributed by atoms with Crippen LogP contribution >= 0.6 is 0 Å². The highest BCUT2D eigenvalue weighted by Crippen LogP contribution is 2.91. The first-order chi connectivity index (χ1) is 22.0. The molecule has 1 aliphatic heterocycles. The van der Waals surface area contributed by atoms with Crippen LogP contribution in [-0.2, 0) is 33.3 Å². The molecule has 3 N–H and O–H groups in total. The van der Waals surface area contributed by atoms with Crippen molar-refractivity contribution in [3.8, 4) is 0 Å². The summed E-state index contributed by atoms with van der Waals surface area (Å²) in [7, 11) is 0. The average Bonchev–Trinajstić information content (AvgIpc) is 3.57. The van der Waals surface area contributed by atoms with Gasteiger partial charge in [0.1, 0.15) is 43.4 Å². The van der Waals surface area contributed by atoms with Crippen LogP contribution in [0.3, 0.4) is 0 Å². The van der Waals surface area contributed by atoms with Crippen LogP contribution < -0.4 is 0 Å². The first kappa shape index (κ1) is 35.2. The number of rotatable bonds is 9. The molecule has 0 bridgehead atoms. The molecule has 6 rings (SSSR count). The maximum Gasteiger partial charge on any atom is 0.302 e.